The van der Waals surface area contributed by atoms with Crippen LogP contribution < -0.4 is 16.8 Å². The Balaban J connectivity index is 1.62. The van der Waals surface area contributed by atoms with Gasteiger partial charge in [0.05, 0.1) is 6.42 Å². The van der Waals surface area contributed by atoms with E-state index >= 15 is 0 Å². The van der Waals surface area contributed by atoms with Gasteiger partial charge in [0.15, 0.2) is 0 Å². The van der Waals surface area contributed by atoms with Crippen molar-refractivity contribution in [2.45, 2.75) is 13.0 Å². The van der Waals surface area contributed by atoms with Gasteiger partial charge in [0.25, 0.3) is 0 Å². The molecule has 0 spiro atoms. The molecule has 0 aliphatic carbocycles. The van der Waals surface area contributed by atoms with Crippen LogP contribution in [0.4, 0.5) is 5.82 Å². The number of nitrogen functional groups attached to an aromatic ring is 1. The lowest BCUT2D eigenvalue weighted by Crippen LogP contribution is -2.23. The van der Waals surface area contributed by atoms with E-state index in [1.165, 1.54) is 6.42 Å². The van der Waals surface area contributed by atoms with Crippen molar-refractivity contribution in [3.05, 3.63) is 90.0 Å². The van der Waals surface area contributed by atoms with E-state index in [1.807, 2.05) is 48.5 Å². The highest BCUT2D eigenvalue weighted by Gasteiger charge is 2.12. The maximum Gasteiger partial charge on any atom is 0.249 e. The Morgan fingerprint density at radius 3 is 2.43 bits per heavy atom. The molecule has 5 N–H and O–H groups in total. The smallest absolute Gasteiger partial charge is 0.249 e. The van der Waals surface area contributed by atoms with Crippen molar-refractivity contribution in [1.82, 2.24) is 10.3 Å². The first kappa shape index (κ1) is 19.1. The van der Waals surface area contributed by atoms with Crippen LogP contribution >= 0.6 is 0 Å². The van der Waals surface area contributed by atoms with Crippen molar-refractivity contribution < 1.29 is 9.59 Å². The molecule has 2 aromatic carbocycles. The molecular weight excluding hydrogens is 352 g/mol. The number of primary amides is 1. The van der Waals surface area contributed by atoms with Crippen molar-refractivity contribution >= 4 is 17.6 Å². The summed E-state index contributed by atoms with van der Waals surface area (Å²) in [5.41, 5.74) is 14.9. The highest BCUT2D eigenvalue weighted by Crippen LogP contribution is 2.25. The predicted octanol–water partition coefficient (Wildman–Crippen LogP) is 2.49. The summed E-state index contributed by atoms with van der Waals surface area (Å²) in [5.74, 6) is -0.267. The minimum atomic E-state index is -0.499. The zero-order valence-corrected chi connectivity index (χ0v) is 15.3. The van der Waals surface area contributed by atoms with Crippen LogP contribution in [0.3, 0.4) is 0 Å². The molecule has 1 heterocycles. The number of nitrogens with zero attached hydrogens (tertiary/aromatic N) is 1. The van der Waals surface area contributed by atoms with E-state index in [4.69, 9.17) is 11.5 Å². The van der Waals surface area contributed by atoms with E-state index in [0.717, 1.165) is 22.3 Å². The Hall–Kier alpha value is -3.67. The molecule has 0 saturated carbocycles. The summed E-state index contributed by atoms with van der Waals surface area (Å²) in [7, 11) is 0. The lowest BCUT2D eigenvalue weighted by atomic mass is 9.95. The van der Waals surface area contributed by atoms with Crippen LogP contribution in [0.1, 0.15) is 21.5 Å². The van der Waals surface area contributed by atoms with Crippen LogP contribution in [0.2, 0.25) is 0 Å². The standard InChI is InChI=1S/C22H21N4O2/c23-20-10-7-16(13-25-20)14-26-21(27)11-8-15-6-9-18(19(12-15)22(24)28)17-4-2-1-3-5-17/h1-7,9-13H,8,14H2,(H2,23,25)(H2,24,28)(H,26,27). The van der Waals surface area contributed by atoms with Crippen LogP contribution in [0, 0.1) is 6.42 Å². The Morgan fingerprint density at radius 2 is 1.75 bits per heavy atom. The van der Waals surface area contributed by atoms with Gasteiger partial charge >= 0.3 is 0 Å². The molecule has 0 aliphatic rings. The van der Waals surface area contributed by atoms with Gasteiger partial charge in [0, 0.05) is 18.3 Å². The van der Waals surface area contributed by atoms with Crippen molar-refractivity contribution in [2.24, 2.45) is 5.73 Å². The van der Waals surface area contributed by atoms with E-state index in [-0.39, 0.29) is 5.91 Å². The van der Waals surface area contributed by atoms with E-state index in [1.54, 1.807) is 18.3 Å². The fraction of sp³-hybridized carbons (Fsp3) is 0.0909. The molecule has 2 amide bonds. The normalized spacial score (nSPS) is 10.4. The van der Waals surface area contributed by atoms with Gasteiger partial charge in [-0.15, -0.1) is 0 Å². The first-order chi connectivity index (χ1) is 13.5. The van der Waals surface area contributed by atoms with Gasteiger partial charge in [0.2, 0.25) is 11.8 Å². The van der Waals surface area contributed by atoms with Crippen LogP contribution in [0.25, 0.3) is 11.1 Å². The average Bonchev–Trinajstić information content (AvgIpc) is 2.72. The topological polar surface area (TPSA) is 111 Å². The van der Waals surface area contributed by atoms with Crippen molar-refractivity contribution in [2.75, 3.05) is 5.73 Å². The molecular formula is C22H21N4O2. The number of nitrogens with two attached hydrogens (primary N) is 2. The Bertz CT molecular complexity index is 970. The quantitative estimate of drug-likeness (QED) is 0.591. The lowest BCUT2D eigenvalue weighted by molar-refractivity contribution is -0.118. The fourth-order valence-electron chi connectivity index (χ4n) is 2.80. The van der Waals surface area contributed by atoms with Crippen LogP contribution in [0.5, 0.6) is 0 Å². The zero-order chi connectivity index (χ0) is 19.9. The summed E-state index contributed by atoms with van der Waals surface area (Å²) < 4.78 is 0. The number of anilines is 1. The molecule has 3 rings (SSSR count). The average molecular weight is 373 g/mol. The fourth-order valence-corrected chi connectivity index (χ4v) is 2.80. The molecule has 6 heteroatoms. The van der Waals surface area contributed by atoms with E-state index in [2.05, 4.69) is 10.3 Å². The van der Waals surface area contributed by atoms with Gasteiger partial charge in [-0.3, -0.25) is 9.59 Å². The van der Waals surface area contributed by atoms with Gasteiger partial charge in [-0.1, -0.05) is 48.5 Å². The third-order valence-electron chi connectivity index (χ3n) is 4.27. The molecule has 28 heavy (non-hydrogen) atoms. The SMILES string of the molecule is NC(=O)c1cc(C[CH]C(=O)NCc2ccc(N)nc2)ccc1-c1ccccc1. The number of amides is 2. The van der Waals surface area contributed by atoms with Crippen LogP contribution in [0.15, 0.2) is 66.9 Å². The van der Waals surface area contributed by atoms with Gasteiger partial charge in [0.1, 0.15) is 5.82 Å². The number of carbonyl (C=O) groups excluding carboxylic acids is 2. The minimum Gasteiger partial charge on any atom is -0.384 e. The summed E-state index contributed by atoms with van der Waals surface area (Å²) in [4.78, 5) is 27.9. The second-order valence-corrected chi connectivity index (χ2v) is 6.33. The number of pyridine rings is 1. The summed E-state index contributed by atoms with van der Waals surface area (Å²) in [6.45, 7) is 0.363. The lowest BCUT2D eigenvalue weighted by Gasteiger charge is -2.10. The first-order valence-electron chi connectivity index (χ1n) is 8.82. The Labute approximate surface area is 163 Å². The highest BCUT2D eigenvalue weighted by molar-refractivity contribution is 6.00. The summed E-state index contributed by atoms with van der Waals surface area (Å²) in [6, 6.07) is 18.5. The molecule has 141 valence electrons. The summed E-state index contributed by atoms with van der Waals surface area (Å²) in [5, 5.41) is 2.80. The van der Waals surface area contributed by atoms with Crippen molar-refractivity contribution in [1.29, 1.82) is 0 Å². The maximum atomic E-state index is 12.1. The highest BCUT2D eigenvalue weighted by atomic mass is 16.1. The third-order valence-corrected chi connectivity index (χ3v) is 4.27. The van der Waals surface area contributed by atoms with Gasteiger partial charge in [-0.25, -0.2) is 4.98 Å². The minimum absolute atomic E-state index is 0.204. The number of aromatic nitrogens is 1. The van der Waals surface area contributed by atoms with Crippen LogP contribution in [-0.4, -0.2) is 16.8 Å². The molecule has 0 unspecified atom stereocenters. The van der Waals surface area contributed by atoms with E-state index in [0.29, 0.717) is 24.3 Å². The molecule has 0 saturated heterocycles. The zero-order valence-electron chi connectivity index (χ0n) is 15.3. The Kier molecular flexibility index (Phi) is 6.01. The molecule has 0 aliphatic heterocycles. The van der Waals surface area contributed by atoms with Crippen molar-refractivity contribution in [3.8, 4) is 11.1 Å². The molecule has 0 bridgehead atoms. The number of nitrogens with one attached hydrogen (secondary N) is 1. The first-order valence-corrected chi connectivity index (χ1v) is 8.82. The number of benzene rings is 2. The van der Waals surface area contributed by atoms with Gasteiger partial charge < -0.3 is 16.8 Å². The van der Waals surface area contributed by atoms with Gasteiger partial charge in [-0.2, -0.15) is 0 Å². The second kappa shape index (κ2) is 8.81. The molecule has 0 fully saturated rings. The summed E-state index contributed by atoms with van der Waals surface area (Å²) >= 11 is 0. The van der Waals surface area contributed by atoms with Gasteiger partial charge in [-0.05, 0) is 40.8 Å². The molecule has 3 aromatic rings. The largest absolute Gasteiger partial charge is 0.384 e. The molecule has 1 radical (unpaired) electrons. The van der Waals surface area contributed by atoms with E-state index in [9.17, 15) is 9.59 Å². The molecule has 6 nitrogen and oxygen atoms in total. The van der Waals surface area contributed by atoms with Crippen LogP contribution in [-0.2, 0) is 17.8 Å². The number of hydrogen-bond acceptors (Lipinski definition) is 4. The number of rotatable bonds is 7. The monoisotopic (exact) mass is 373 g/mol. The molecule has 0 atom stereocenters. The Morgan fingerprint density at radius 1 is 1.00 bits per heavy atom. The predicted molar refractivity (Wildman–Crippen MR) is 109 cm³/mol. The molecule has 1 aromatic heterocycles. The van der Waals surface area contributed by atoms with Crippen molar-refractivity contribution in [3.63, 3.8) is 0 Å². The maximum absolute atomic E-state index is 12.1. The second-order valence-electron chi connectivity index (χ2n) is 6.33. The summed E-state index contributed by atoms with van der Waals surface area (Å²) in [6.07, 6.45) is 3.55. The number of hydrogen-bond donors (Lipinski definition) is 3. The third kappa shape index (κ3) is 4.94. The van der Waals surface area contributed by atoms with E-state index < -0.39 is 5.91 Å². The number of carbonyl (C=O) groups is 2.